The van der Waals surface area contributed by atoms with Gasteiger partial charge in [-0.05, 0) is 56.9 Å². The summed E-state index contributed by atoms with van der Waals surface area (Å²) in [7, 11) is 0. The van der Waals surface area contributed by atoms with Crippen LogP contribution in [-0.4, -0.2) is 34.2 Å². The molecule has 6 nitrogen and oxygen atoms in total. The fourth-order valence-electron chi connectivity index (χ4n) is 3.15. The Kier molecular flexibility index (Phi) is 5.16. The molecule has 1 aromatic carbocycles. The molecular weight excluding hydrogens is 316 g/mol. The molecule has 1 aliphatic rings. The molecular formula is C19H24N4O2. The predicted octanol–water partition coefficient (Wildman–Crippen LogP) is 1.82. The molecule has 1 saturated heterocycles. The maximum atomic E-state index is 12.2. The van der Waals surface area contributed by atoms with E-state index in [-0.39, 0.29) is 18.2 Å². The summed E-state index contributed by atoms with van der Waals surface area (Å²) in [5.74, 6) is -0.202. The Bertz CT molecular complexity index is 764. The second-order valence-electron chi connectivity index (χ2n) is 6.59. The van der Waals surface area contributed by atoms with Crippen LogP contribution in [0.2, 0.25) is 0 Å². The van der Waals surface area contributed by atoms with Crippen LogP contribution in [0.25, 0.3) is 5.69 Å². The van der Waals surface area contributed by atoms with E-state index >= 15 is 0 Å². The Morgan fingerprint density at radius 3 is 2.72 bits per heavy atom. The van der Waals surface area contributed by atoms with Gasteiger partial charge in [0.15, 0.2) is 0 Å². The minimum atomic E-state index is -0.413. The van der Waals surface area contributed by atoms with Crippen LogP contribution in [-0.2, 0) is 16.0 Å². The van der Waals surface area contributed by atoms with Crippen molar-refractivity contribution in [3.8, 4) is 5.69 Å². The largest absolute Gasteiger partial charge is 0.354 e. The van der Waals surface area contributed by atoms with E-state index in [1.807, 2.05) is 48.9 Å². The van der Waals surface area contributed by atoms with Crippen LogP contribution in [0.4, 0.5) is 0 Å². The molecule has 0 saturated carbocycles. The summed E-state index contributed by atoms with van der Waals surface area (Å²) in [5, 5.41) is 10.1. The third-order valence-corrected chi connectivity index (χ3v) is 4.43. The van der Waals surface area contributed by atoms with Gasteiger partial charge in [0.1, 0.15) is 6.04 Å². The highest BCUT2D eigenvalue weighted by atomic mass is 16.2. The first kappa shape index (κ1) is 17.2. The number of benzene rings is 1. The van der Waals surface area contributed by atoms with E-state index in [1.54, 1.807) is 0 Å². The fourth-order valence-corrected chi connectivity index (χ4v) is 3.15. The third kappa shape index (κ3) is 4.26. The first-order valence-electron chi connectivity index (χ1n) is 8.72. The molecule has 2 N–H and O–H groups in total. The average Bonchev–Trinajstić information content (AvgIpc) is 2.78. The topological polar surface area (TPSA) is 76.0 Å². The van der Waals surface area contributed by atoms with Gasteiger partial charge in [-0.15, -0.1) is 0 Å². The molecule has 0 spiro atoms. The molecule has 0 aliphatic carbocycles. The van der Waals surface area contributed by atoms with Gasteiger partial charge in [0.25, 0.3) is 0 Å². The van der Waals surface area contributed by atoms with Gasteiger partial charge in [-0.3, -0.25) is 9.59 Å². The summed E-state index contributed by atoms with van der Waals surface area (Å²) in [6, 6.07) is 9.39. The van der Waals surface area contributed by atoms with Crippen LogP contribution >= 0.6 is 0 Å². The van der Waals surface area contributed by atoms with Crippen LogP contribution in [0.5, 0.6) is 0 Å². The van der Waals surface area contributed by atoms with E-state index in [0.717, 1.165) is 35.5 Å². The number of aryl methyl sites for hydroxylation is 2. The van der Waals surface area contributed by atoms with Gasteiger partial charge < -0.3 is 10.6 Å². The van der Waals surface area contributed by atoms with Crippen molar-refractivity contribution in [2.75, 3.05) is 6.54 Å². The summed E-state index contributed by atoms with van der Waals surface area (Å²) in [4.78, 5) is 24.1. The second kappa shape index (κ2) is 7.51. The van der Waals surface area contributed by atoms with Crippen molar-refractivity contribution in [2.45, 2.75) is 45.6 Å². The Balaban J connectivity index is 1.62. The van der Waals surface area contributed by atoms with E-state index in [4.69, 9.17) is 0 Å². The number of nitrogens with one attached hydrogen (secondary N) is 2. The summed E-state index contributed by atoms with van der Waals surface area (Å²) >= 11 is 0. The highest BCUT2D eigenvalue weighted by molar-refractivity contribution is 5.88. The van der Waals surface area contributed by atoms with Crippen molar-refractivity contribution in [3.63, 3.8) is 0 Å². The standard InChI is InChI=1S/C19H24N4O2/c1-13-11-14(2)23(22-13)16-8-6-15(7-9-16)12-18(24)21-17-5-3-4-10-20-19(17)25/h6-9,11,17H,3-5,10,12H2,1-2H3,(H,20,25)(H,21,24)/t17-/m1/s1. The lowest BCUT2D eigenvalue weighted by molar-refractivity contribution is -0.128. The molecule has 6 heteroatoms. The molecule has 0 unspecified atom stereocenters. The van der Waals surface area contributed by atoms with Gasteiger partial charge >= 0.3 is 0 Å². The molecule has 25 heavy (non-hydrogen) atoms. The third-order valence-electron chi connectivity index (χ3n) is 4.43. The number of nitrogens with zero attached hydrogens (tertiary/aromatic N) is 2. The molecule has 1 atom stereocenters. The lowest BCUT2D eigenvalue weighted by atomic mass is 10.1. The van der Waals surface area contributed by atoms with Gasteiger partial charge in [-0.25, -0.2) is 4.68 Å². The van der Waals surface area contributed by atoms with Crippen LogP contribution in [0.1, 0.15) is 36.2 Å². The second-order valence-corrected chi connectivity index (χ2v) is 6.59. The van der Waals surface area contributed by atoms with Crippen molar-refractivity contribution in [2.24, 2.45) is 0 Å². The monoisotopic (exact) mass is 340 g/mol. The van der Waals surface area contributed by atoms with Crippen molar-refractivity contribution in [1.82, 2.24) is 20.4 Å². The van der Waals surface area contributed by atoms with Crippen molar-refractivity contribution in [1.29, 1.82) is 0 Å². The maximum Gasteiger partial charge on any atom is 0.242 e. The SMILES string of the molecule is Cc1cc(C)n(-c2ccc(CC(=O)N[C@@H]3CCCCNC3=O)cc2)n1. The van der Waals surface area contributed by atoms with Crippen molar-refractivity contribution < 1.29 is 9.59 Å². The van der Waals surface area contributed by atoms with Crippen molar-refractivity contribution >= 4 is 11.8 Å². The summed E-state index contributed by atoms with van der Waals surface area (Å²) < 4.78 is 1.88. The normalized spacial score (nSPS) is 17.7. The smallest absolute Gasteiger partial charge is 0.242 e. The number of carbonyl (C=O) groups is 2. The van der Waals surface area contributed by atoms with E-state index in [2.05, 4.69) is 15.7 Å². The lowest BCUT2D eigenvalue weighted by Crippen LogP contribution is -2.45. The number of hydrogen-bond acceptors (Lipinski definition) is 3. The molecule has 0 radical (unpaired) electrons. The van der Waals surface area contributed by atoms with E-state index in [0.29, 0.717) is 13.0 Å². The molecule has 1 fully saturated rings. The van der Waals surface area contributed by atoms with Gasteiger partial charge in [0.05, 0.1) is 17.8 Å². The summed E-state index contributed by atoms with van der Waals surface area (Å²) in [6.45, 7) is 4.67. The van der Waals surface area contributed by atoms with E-state index in [1.165, 1.54) is 0 Å². The van der Waals surface area contributed by atoms with E-state index in [9.17, 15) is 9.59 Å². The van der Waals surface area contributed by atoms with Gasteiger partial charge in [-0.1, -0.05) is 12.1 Å². The Morgan fingerprint density at radius 1 is 1.28 bits per heavy atom. The summed E-state index contributed by atoms with van der Waals surface area (Å²) in [5.41, 5.74) is 3.93. The average molecular weight is 340 g/mol. The first-order chi connectivity index (χ1) is 12.0. The summed E-state index contributed by atoms with van der Waals surface area (Å²) in [6.07, 6.45) is 2.88. The highest BCUT2D eigenvalue weighted by Crippen LogP contribution is 2.13. The van der Waals surface area contributed by atoms with Gasteiger partial charge in [0, 0.05) is 12.2 Å². The Hall–Kier alpha value is -2.63. The van der Waals surface area contributed by atoms with Crippen LogP contribution in [0, 0.1) is 13.8 Å². The molecule has 1 aliphatic heterocycles. The number of aromatic nitrogens is 2. The minimum absolute atomic E-state index is 0.0780. The number of hydrogen-bond donors (Lipinski definition) is 2. The Labute approximate surface area is 147 Å². The molecule has 1 aromatic heterocycles. The predicted molar refractivity (Wildman–Crippen MR) is 95.5 cm³/mol. The molecule has 2 heterocycles. The Morgan fingerprint density at radius 2 is 2.04 bits per heavy atom. The first-order valence-corrected chi connectivity index (χ1v) is 8.72. The molecule has 2 aromatic rings. The zero-order valence-electron chi connectivity index (χ0n) is 14.7. The van der Waals surface area contributed by atoms with E-state index < -0.39 is 6.04 Å². The molecule has 3 rings (SSSR count). The van der Waals surface area contributed by atoms with Gasteiger partial charge in [0.2, 0.25) is 11.8 Å². The van der Waals surface area contributed by atoms with Gasteiger partial charge in [-0.2, -0.15) is 5.10 Å². The molecule has 0 bridgehead atoms. The minimum Gasteiger partial charge on any atom is -0.354 e. The van der Waals surface area contributed by atoms with Crippen molar-refractivity contribution in [3.05, 3.63) is 47.3 Å². The fraction of sp³-hybridized carbons (Fsp3) is 0.421. The number of carbonyl (C=O) groups excluding carboxylic acids is 2. The quantitative estimate of drug-likeness (QED) is 0.891. The number of rotatable bonds is 4. The lowest BCUT2D eigenvalue weighted by Gasteiger charge is -2.15. The maximum absolute atomic E-state index is 12.2. The number of amides is 2. The zero-order chi connectivity index (χ0) is 17.8. The molecule has 2 amide bonds. The zero-order valence-corrected chi connectivity index (χ0v) is 14.7. The highest BCUT2D eigenvalue weighted by Gasteiger charge is 2.22. The van der Waals surface area contributed by atoms with Crippen LogP contribution in [0.15, 0.2) is 30.3 Å². The molecule has 132 valence electrons. The van der Waals surface area contributed by atoms with Crippen LogP contribution < -0.4 is 10.6 Å². The van der Waals surface area contributed by atoms with Crippen LogP contribution in [0.3, 0.4) is 0 Å².